The molecule has 3 rings (SSSR count). The molecule has 2 aromatic rings. The van der Waals surface area contributed by atoms with E-state index in [1.54, 1.807) is 17.6 Å². The molecule has 21 heavy (non-hydrogen) atoms. The zero-order valence-electron chi connectivity index (χ0n) is 11.6. The minimum atomic E-state index is -0.732. The number of hydrogen-bond donors (Lipinski definition) is 2. The number of benzene rings is 1. The predicted octanol–water partition coefficient (Wildman–Crippen LogP) is 1.21. The van der Waals surface area contributed by atoms with Gasteiger partial charge in [-0.15, -0.1) is 0 Å². The molecule has 0 spiro atoms. The molecule has 0 unspecified atom stereocenters. The Balaban J connectivity index is 1.98. The van der Waals surface area contributed by atoms with Crippen molar-refractivity contribution >= 4 is 11.0 Å². The van der Waals surface area contributed by atoms with Crippen molar-refractivity contribution in [2.24, 2.45) is 0 Å². The number of hydrogen-bond acceptors (Lipinski definition) is 5. The van der Waals surface area contributed by atoms with E-state index in [1.807, 2.05) is 0 Å². The lowest BCUT2D eigenvalue weighted by Gasteiger charge is -2.14. The summed E-state index contributed by atoms with van der Waals surface area (Å²) in [7, 11) is 0. The molecular formula is C14H17FN2O4. The van der Waals surface area contributed by atoms with Crippen LogP contribution in [0.2, 0.25) is 0 Å². The molecule has 7 heteroatoms. The minimum Gasteiger partial charge on any atom is -0.491 e. The minimum absolute atomic E-state index is 0.156. The van der Waals surface area contributed by atoms with Gasteiger partial charge in [0.05, 0.1) is 36.7 Å². The highest BCUT2D eigenvalue weighted by Gasteiger charge is 2.35. The lowest BCUT2D eigenvalue weighted by atomic mass is 10.2. The molecule has 0 saturated carbocycles. The Bertz CT molecular complexity index is 645. The van der Waals surface area contributed by atoms with E-state index in [1.165, 1.54) is 12.4 Å². The number of aliphatic hydroxyl groups is 2. The van der Waals surface area contributed by atoms with Gasteiger partial charge < -0.3 is 24.3 Å². The molecule has 1 aromatic heterocycles. The molecule has 2 N–H and O–H groups in total. The van der Waals surface area contributed by atoms with Crippen LogP contribution in [-0.4, -0.2) is 45.2 Å². The second-order valence-corrected chi connectivity index (χ2v) is 4.97. The van der Waals surface area contributed by atoms with Crippen molar-refractivity contribution in [2.45, 2.75) is 31.8 Å². The molecule has 1 fully saturated rings. The topological polar surface area (TPSA) is 76.7 Å². The highest BCUT2D eigenvalue weighted by molar-refractivity contribution is 5.77. The van der Waals surface area contributed by atoms with E-state index in [4.69, 9.17) is 14.6 Å². The van der Waals surface area contributed by atoms with E-state index >= 15 is 0 Å². The van der Waals surface area contributed by atoms with Crippen LogP contribution in [0.15, 0.2) is 18.5 Å². The van der Waals surface area contributed by atoms with Gasteiger partial charge in [-0.2, -0.15) is 0 Å². The van der Waals surface area contributed by atoms with Crippen LogP contribution in [0.3, 0.4) is 0 Å². The summed E-state index contributed by atoms with van der Waals surface area (Å²) in [5, 5.41) is 18.9. The van der Waals surface area contributed by atoms with Gasteiger partial charge in [0.2, 0.25) is 0 Å². The summed E-state index contributed by atoms with van der Waals surface area (Å²) in [5.74, 6) is -0.306. The van der Waals surface area contributed by atoms with Crippen LogP contribution in [0.4, 0.5) is 4.39 Å². The van der Waals surface area contributed by atoms with E-state index in [-0.39, 0.29) is 12.4 Å². The largest absolute Gasteiger partial charge is 0.491 e. The third kappa shape index (κ3) is 2.48. The Morgan fingerprint density at radius 2 is 2.33 bits per heavy atom. The molecule has 0 radical (unpaired) electrons. The standard InChI is InChI=1S/C14H17FN2O4/c1-2-20-12-4-10-9(3-8(12)15)16-7-17(10)14-5-11(19)13(6-18)21-14/h3-4,7,11,13-14,18-19H,2,5-6H2,1H3/t11-,13+,14+/m0/s1. The van der Waals surface area contributed by atoms with Crippen LogP contribution in [0.1, 0.15) is 19.6 Å². The van der Waals surface area contributed by atoms with E-state index in [0.29, 0.717) is 24.1 Å². The predicted molar refractivity (Wildman–Crippen MR) is 72.5 cm³/mol. The smallest absolute Gasteiger partial charge is 0.167 e. The second kappa shape index (κ2) is 5.59. The number of aliphatic hydroxyl groups excluding tert-OH is 2. The second-order valence-electron chi connectivity index (χ2n) is 4.97. The Morgan fingerprint density at radius 3 is 3.00 bits per heavy atom. The van der Waals surface area contributed by atoms with Crippen LogP contribution >= 0.6 is 0 Å². The summed E-state index contributed by atoms with van der Waals surface area (Å²) in [6, 6.07) is 2.88. The van der Waals surface area contributed by atoms with Crippen molar-refractivity contribution in [1.29, 1.82) is 0 Å². The molecular weight excluding hydrogens is 279 g/mol. The summed E-state index contributed by atoms with van der Waals surface area (Å²) in [6.07, 6.45) is 0.0975. The summed E-state index contributed by atoms with van der Waals surface area (Å²) in [4.78, 5) is 4.14. The van der Waals surface area contributed by atoms with Gasteiger partial charge >= 0.3 is 0 Å². The molecule has 2 heterocycles. The highest BCUT2D eigenvalue weighted by atomic mass is 19.1. The molecule has 1 saturated heterocycles. The number of imidazole rings is 1. The maximum absolute atomic E-state index is 13.8. The van der Waals surface area contributed by atoms with Gasteiger partial charge in [0, 0.05) is 18.6 Å². The van der Waals surface area contributed by atoms with Crippen molar-refractivity contribution in [1.82, 2.24) is 9.55 Å². The van der Waals surface area contributed by atoms with Crippen LogP contribution in [0.5, 0.6) is 5.75 Å². The fourth-order valence-electron chi connectivity index (χ4n) is 2.57. The molecule has 6 nitrogen and oxygen atoms in total. The van der Waals surface area contributed by atoms with E-state index in [0.717, 1.165) is 0 Å². The van der Waals surface area contributed by atoms with Gasteiger partial charge in [-0.1, -0.05) is 0 Å². The van der Waals surface area contributed by atoms with E-state index in [9.17, 15) is 9.50 Å². The maximum atomic E-state index is 13.8. The van der Waals surface area contributed by atoms with Crippen molar-refractivity contribution in [3.8, 4) is 5.75 Å². The van der Waals surface area contributed by atoms with Gasteiger partial charge in [-0.25, -0.2) is 9.37 Å². The van der Waals surface area contributed by atoms with Crippen LogP contribution in [0, 0.1) is 5.82 Å². The first-order chi connectivity index (χ1) is 10.1. The third-order valence-corrected chi connectivity index (χ3v) is 3.62. The quantitative estimate of drug-likeness (QED) is 0.887. The zero-order chi connectivity index (χ0) is 15.0. The monoisotopic (exact) mass is 296 g/mol. The molecule has 114 valence electrons. The number of fused-ring (bicyclic) bond motifs is 1. The van der Waals surface area contributed by atoms with Crippen LogP contribution in [0.25, 0.3) is 11.0 Å². The SMILES string of the molecule is CCOc1cc2c(cc1F)ncn2[C@H]1C[C@H](O)[C@@H](CO)O1. The lowest BCUT2D eigenvalue weighted by molar-refractivity contribution is -0.0430. The molecule has 3 atom stereocenters. The first-order valence-corrected chi connectivity index (χ1v) is 6.87. The number of aromatic nitrogens is 2. The number of rotatable bonds is 4. The Labute approximate surface area is 120 Å². The van der Waals surface area contributed by atoms with Crippen molar-refractivity contribution < 1.29 is 24.1 Å². The Morgan fingerprint density at radius 1 is 1.52 bits per heavy atom. The van der Waals surface area contributed by atoms with Crippen LogP contribution < -0.4 is 4.74 Å². The fourth-order valence-corrected chi connectivity index (χ4v) is 2.57. The normalized spacial score (nSPS) is 25.6. The summed E-state index contributed by atoms with van der Waals surface area (Å²) < 4.78 is 26.4. The molecule has 0 aliphatic carbocycles. The van der Waals surface area contributed by atoms with E-state index < -0.39 is 24.3 Å². The first kappa shape index (κ1) is 14.2. The van der Waals surface area contributed by atoms with E-state index in [2.05, 4.69) is 4.98 Å². The summed E-state index contributed by atoms with van der Waals surface area (Å²) >= 11 is 0. The number of halogens is 1. The van der Waals surface area contributed by atoms with Crippen molar-refractivity contribution in [2.75, 3.05) is 13.2 Å². The molecule has 1 aromatic carbocycles. The van der Waals surface area contributed by atoms with Crippen molar-refractivity contribution in [3.05, 3.63) is 24.3 Å². The molecule has 0 amide bonds. The maximum Gasteiger partial charge on any atom is 0.167 e. The van der Waals surface area contributed by atoms with Crippen molar-refractivity contribution in [3.63, 3.8) is 0 Å². The molecule has 1 aliphatic rings. The van der Waals surface area contributed by atoms with Gasteiger partial charge in [0.25, 0.3) is 0 Å². The average Bonchev–Trinajstić information content (AvgIpc) is 3.02. The third-order valence-electron chi connectivity index (χ3n) is 3.62. The number of nitrogens with zero attached hydrogens (tertiary/aromatic N) is 2. The van der Waals surface area contributed by atoms with Gasteiger partial charge in [0.1, 0.15) is 12.3 Å². The lowest BCUT2D eigenvalue weighted by Crippen LogP contribution is -2.24. The highest BCUT2D eigenvalue weighted by Crippen LogP contribution is 2.33. The summed E-state index contributed by atoms with van der Waals surface area (Å²) in [6.45, 7) is 1.90. The Kier molecular flexibility index (Phi) is 3.79. The summed E-state index contributed by atoms with van der Waals surface area (Å²) in [5.41, 5.74) is 1.15. The zero-order valence-corrected chi connectivity index (χ0v) is 11.6. The molecule has 1 aliphatic heterocycles. The first-order valence-electron chi connectivity index (χ1n) is 6.87. The van der Waals surface area contributed by atoms with Crippen LogP contribution in [-0.2, 0) is 4.74 Å². The van der Waals surface area contributed by atoms with Gasteiger partial charge in [0.15, 0.2) is 11.6 Å². The fraction of sp³-hybridized carbons (Fsp3) is 0.500. The van der Waals surface area contributed by atoms with Gasteiger partial charge in [-0.3, -0.25) is 0 Å². The average molecular weight is 296 g/mol. The van der Waals surface area contributed by atoms with Gasteiger partial charge in [-0.05, 0) is 6.92 Å². The Hall–Kier alpha value is -1.70. The number of ether oxygens (including phenoxy) is 2. The molecule has 0 bridgehead atoms.